The molecule has 3 heterocycles. The van der Waals surface area contributed by atoms with Gasteiger partial charge in [0.05, 0.1) is 26.3 Å². The first-order valence-electron chi connectivity index (χ1n) is 9.24. The van der Waals surface area contributed by atoms with E-state index in [1.807, 2.05) is 18.2 Å². The van der Waals surface area contributed by atoms with Gasteiger partial charge in [-0.25, -0.2) is 10.9 Å². The summed E-state index contributed by atoms with van der Waals surface area (Å²) in [6.07, 6.45) is 0.659. The highest BCUT2D eigenvalue weighted by Gasteiger charge is 2.30. The lowest BCUT2D eigenvalue weighted by atomic mass is 10.0. The molecule has 27 heavy (non-hydrogen) atoms. The third-order valence-corrected chi connectivity index (χ3v) is 4.90. The number of hydrogen-bond donors (Lipinski definition) is 3. The van der Waals surface area contributed by atoms with Crippen LogP contribution in [0, 0.1) is 11.8 Å². The lowest BCUT2D eigenvalue weighted by Gasteiger charge is -2.24. The van der Waals surface area contributed by atoms with E-state index >= 15 is 0 Å². The Hall–Kier alpha value is -2.31. The topological polar surface area (TPSA) is 84.1 Å². The number of hydrogen-bond acceptors (Lipinski definition) is 7. The van der Waals surface area contributed by atoms with Crippen LogP contribution < -0.4 is 25.6 Å². The third-order valence-electron chi connectivity index (χ3n) is 4.90. The number of ether oxygens (including phenoxy) is 3. The minimum atomic E-state index is -0.290. The molecule has 2 unspecified atom stereocenters. The fourth-order valence-corrected chi connectivity index (χ4v) is 3.32. The minimum Gasteiger partial charge on any atom is -0.454 e. The van der Waals surface area contributed by atoms with Crippen LogP contribution in [0.25, 0.3) is 0 Å². The Morgan fingerprint density at radius 1 is 1.19 bits per heavy atom. The van der Waals surface area contributed by atoms with E-state index in [4.69, 9.17) is 14.2 Å². The average Bonchev–Trinajstić information content (AvgIpc) is 3.37. The molecule has 0 radical (unpaired) electrons. The molecule has 1 aromatic carbocycles. The molecule has 0 saturated carbocycles. The van der Waals surface area contributed by atoms with Gasteiger partial charge >= 0.3 is 0 Å². The number of fused-ring (bicyclic) bond motifs is 1. The maximum atomic E-state index is 12.3. The molecule has 3 N–H and O–H groups in total. The van der Waals surface area contributed by atoms with E-state index in [2.05, 4.69) is 32.9 Å². The molecule has 0 bridgehead atoms. The Morgan fingerprint density at radius 2 is 2.04 bits per heavy atom. The Bertz CT molecular complexity index is 739. The third kappa shape index (κ3) is 4.51. The van der Waals surface area contributed by atoms with Gasteiger partial charge in [0, 0.05) is 19.1 Å². The van der Waals surface area contributed by atoms with Gasteiger partial charge in [-0.1, -0.05) is 17.9 Å². The van der Waals surface area contributed by atoms with E-state index in [9.17, 15) is 4.79 Å². The van der Waals surface area contributed by atoms with Crippen molar-refractivity contribution >= 4 is 5.91 Å². The van der Waals surface area contributed by atoms with Crippen LogP contribution >= 0.6 is 0 Å². The monoisotopic (exact) mass is 372 g/mol. The number of amides is 1. The van der Waals surface area contributed by atoms with Crippen molar-refractivity contribution in [1.82, 2.24) is 21.1 Å². The van der Waals surface area contributed by atoms with Crippen molar-refractivity contribution in [2.45, 2.75) is 18.5 Å². The quantitative estimate of drug-likeness (QED) is 0.630. The van der Waals surface area contributed by atoms with Gasteiger partial charge in [0.25, 0.3) is 0 Å². The van der Waals surface area contributed by atoms with Crippen LogP contribution in [0.3, 0.4) is 0 Å². The van der Waals surface area contributed by atoms with E-state index in [0.29, 0.717) is 19.5 Å². The van der Waals surface area contributed by atoms with Crippen molar-refractivity contribution in [3.05, 3.63) is 23.8 Å². The molecule has 1 amide bonds. The number of carbonyl (C=O) groups excluding carboxylic acids is 1. The first-order valence-corrected chi connectivity index (χ1v) is 9.24. The minimum absolute atomic E-state index is 0.0441. The summed E-state index contributed by atoms with van der Waals surface area (Å²) in [6.45, 7) is 4.70. The summed E-state index contributed by atoms with van der Waals surface area (Å²) in [7, 11) is 0. The van der Waals surface area contributed by atoms with Crippen molar-refractivity contribution in [3.63, 3.8) is 0 Å². The lowest BCUT2D eigenvalue weighted by Crippen LogP contribution is -2.43. The maximum absolute atomic E-state index is 12.3. The zero-order valence-electron chi connectivity index (χ0n) is 15.1. The normalized spacial score (nSPS) is 24.3. The second kappa shape index (κ2) is 8.59. The molecule has 0 spiro atoms. The molecule has 1 aromatic rings. The first-order chi connectivity index (χ1) is 13.3. The van der Waals surface area contributed by atoms with Gasteiger partial charge in [0.15, 0.2) is 11.5 Å². The van der Waals surface area contributed by atoms with Gasteiger partial charge in [-0.05, 0) is 24.1 Å². The standard InChI is InChI=1S/C19H24N4O4/c24-19(20-5-1-2-6-23-7-9-25-10-8-23)16-12-15(21-22-16)14-3-4-17-18(11-14)27-13-26-17/h3-4,11,15-16,21-22H,5-10,12-13H2,(H,20,24). The molecule has 144 valence electrons. The van der Waals surface area contributed by atoms with Gasteiger partial charge in [0.1, 0.15) is 6.04 Å². The van der Waals surface area contributed by atoms with Gasteiger partial charge in [-0.3, -0.25) is 9.69 Å². The Labute approximate surface area is 158 Å². The van der Waals surface area contributed by atoms with Crippen molar-refractivity contribution in [2.75, 3.05) is 46.2 Å². The zero-order valence-corrected chi connectivity index (χ0v) is 15.1. The van der Waals surface area contributed by atoms with Crippen LogP contribution in [0.1, 0.15) is 18.0 Å². The number of morpholine rings is 1. The predicted molar refractivity (Wildman–Crippen MR) is 98.0 cm³/mol. The SMILES string of the molecule is O=C(NCC#CCN1CCOCC1)C1CC(c2ccc3c(c2)OCO3)NN1. The van der Waals surface area contributed by atoms with Gasteiger partial charge < -0.3 is 19.5 Å². The second-order valence-corrected chi connectivity index (χ2v) is 6.70. The average molecular weight is 372 g/mol. The molecule has 0 aliphatic carbocycles. The largest absolute Gasteiger partial charge is 0.454 e. The summed E-state index contributed by atoms with van der Waals surface area (Å²) in [4.78, 5) is 14.6. The van der Waals surface area contributed by atoms with Crippen molar-refractivity contribution in [3.8, 4) is 23.3 Å². The summed E-state index contributed by atoms with van der Waals surface area (Å²) in [5.41, 5.74) is 7.30. The predicted octanol–water partition coefficient (Wildman–Crippen LogP) is -0.225. The van der Waals surface area contributed by atoms with Crippen LogP contribution in [-0.2, 0) is 9.53 Å². The second-order valence-electron chi connectivity index (χ2n) is 6.70. The summed E-state index contributed by atoms with van der Waals surface area (Å²) >= 11 is 0. The van der Waals surface area contributed by atoms with Crippen molar-refractivity contribution in [2.24, 2.45) is 0 Å². The van der Waals surface area contributed by atoms with E-state index in [0.717, 1.165) is 43.4 Å². The van der Waals surface area contributed by atoms with Gasteiger partial charge in [-0.15, -0.1) is 0 Å². The number of rotatable bonds is 4. The van der Waals surface area contributed by atoms with E-state index in [1.165, 1.54) is 0 Å². The molecule has 3 aliphatic rings. The van der Waals surface area contributed by atoms with Crippen LogP contribution in [-0.4, -0.2) is 63.0 Å². The highest BCUT2D eigenvalue weighted by molar-refractivity contribution is 5.82. The molecule has 2 saturated heterocycles. The number of nitrogens with zero attached hydrogens (tertiary/aromatic N) is 1. The summed E-state index contributed by atoms with van der Waals surface area (Å²) in [6, 6.07) is 5.60. The molecule has 8 heteroatoms. The summed E-state index contributed by atoms with van der Waals surface area (Å²) in [5, 5.41) is 2.87. The van der Waals surface area contributed by atoms with E-state index in [-0.39, 0.29) is 24.8 Å². The van der Waals surface area contributed by atoms with Gasteiger partial charge in [-0.2, -0.15) is 0 Å². The van der Waals surface area contributed by atoms with Crippen LogP contribution in [0.15, 0.2) is 18.2 Å². The molecule has 2 atom stereocenters. The van der Waals surface area contributed by atoms with Crippen molar-refractivity contribution < 1.29 is 19.0 Å². The molecular weight excluding hydrogens is 348 g/mol. The molecule has 3 aliphatic heterocycles. The van der Waals surface area contributed by atoms with E-state index < -0.39 is 0 Å². The Morgan fingerprint density at radius 3 is 2.93 bits per heavy atom. The fraction of sp³-hybridized carbons (Fsp3) is 0.526. The molecular formula is C19H24N4O4. The fourth-order valence-electron chi connectivity index (χ4n) is 3.32. The number of carbonyl (C=O) groups is 1. The Kier molecular flexibility index (Phi) is 5.75. The van der Waals surface area contributed by atoms with Crippen LogP contribution in [0.5, 0.6) is 11.5 Å². The molecule has 8 nitrogen and oxygen atoms in total. The van der Waals surface area contributed by atoms with Crippen LogP contribution in [0.4, 0.5) is 0 Å². The zero-order chi connectivity index (χ0) is 18.5. The van der Waals surface area contributed by atoms with E-state index in [1.54, 1.807) is 0 Å². The van der Waals surface area contributed by atoms with Gasteiger partial charge in [0.2, 0.25) is 12.7 Å². The number of benzene rings is 1. The smallest absolute Gasteiger partial charge is 0.239 e. The highest BCUT2D eigenvalue weighted by Crippen LogP contribution is 2.35. The molecule has 2 fully saturated rings. The molecule has 4 rings (SSSR count). The Balaban J connectivity index is 1.21. The number of hydrazine groups is 1. The number of nitrogens with one attached hydrogen (secondary N) is 3. The van der Waals surface area contributed by atoms with Crippen LogP contribution in [0.2, 0.25) is 0 Å². The maximum Gasteiger partial charge on any atom is 0.239 e. The highest BCUT2D eigenvalue weighted by atomic mass is 16.7. The first kappa shape index (κ1) is 18.1. The molecule has 0 aromatic heterocycles. The summed E-state index contributed by atoms with van der Waals surface area (Å²) in [5.74, 6) is 7.58. The summed E-state index contributed by atoms with van der Waals surface area (Å²) < 4.78 is 16.1. The lowest BCUT2D eigenvalue weighted by molar-refractivity contribution is -0.122. The van der Waals surface area contributed by atoms with Crippen molar-refractivity contribution in [1.29, 1.82) is 0 Å².